The Bertz CT molecular complexity index is 771. The van der Waals surface area contributed by atoms with E-state index < -0.39 is 0 Å². The molecule has 0 aliphatic heterocycles. The molecule has 2 aromatic carbocycles. The number of nitrogens with zero attached hydrogens (tertiary/aromatic N) is 3. The van der Waals surface area contributed by atoms with Crippen molar-refractivity contribution in [2.24, 2.45) is 0 Å². The normalized spacial score (nSPS) is 10.8. The summed E-state index contributed by atoms with van der Waals surface area (Å²) in [6, 6.07) is 13.8. The smallest absolute Gasteiger partial charge is 0.176 e. The van der Waals surface area contributed by atoms with Crippen LogP contribution in [0.25, 0.3) is 11.0 Å². The first kappa shape index (κ1) is 13.3. The number of benzene rings is 2. The molecule has 0 bridgehead atoms. The van der Waals surface area contributed by atoms with E-state index in [0.29, 0.717) is 18.2 Å². The topological polar surface area (TPSA) is 55.0 Å². The van der Waals surface area contributed by atoms with Gasteiger partial charge in [0.15, 0.2) is 11.6 Å². The highest BCUT2D eigenvalue weighted by Crippen LogP contribution is 2.29. The predicted octanol–water partition coefficient (Wildman–Crippen LogP) is 3.51. The van der Waals surface area contributed by atoms with Crippen molar-refractivity contribution in [2.45, 2.75) is 6.92 Å². The highest BCUT2D eigenvalue weighted by atomic mass is 19.1. The van der Waals surface area contributed by atoms with Gasteiger partial charge in [0, 0.05) is 12.2 Å². The summed E-state index contributed by atoms with van der Waals surface area (Å²) >= 11 is 0. The summed E-state index contributed by atoms with van der Waals surface area (Å²) in [6.07, 6.45) is 0. The standard InChI is InChI=1S/C16H15FN4/c1-2-21(12-9-7-11(17)8-10-12)16-15(18)19-13-5-3-4-6-14(13)20-16/h3-10H,2H2,1H3,(H2,18,19). The molecule has 0 aliphatic rings. The average Bonchev–Trinajstić information content (AvgIpc) is 2.50. The molecule has 1 heterocycles. The number of nitrogen functional groups attached to an aromatic ring is 1. The maximum absolute atomic E-state index is 13.1. The zero-order valence-electron chi connectivity index (χ0n) is 11.6. The van der Waals surface area contributed by atoms with Gasteiger partial charge in [-0.15, -0.1) is 0 Å². The van der Waals surface area contributed by atoms with Crippen molar-refractivity contribution >= 4 is 28.4 Å². The summed E-state index contributed by atoms with van der Waals surface area (Å²) in [6.45, 7) is 2.64. The van der Waals surface area contributed by atoms with Crippen LogP contribution in [0.1, 0.15) is 6.92 Å². The lowest BCUT2D eigenvalue weighted by atomic mass is 10.2. The molecule has 2 N–H and O–H groups in total. The molecule has 0 amide bonds. The summed E-state index contributed by atoms with van der Waals surface area (Å²) in [5.74, 6) is 0.676. The van der Waals surface area contributed by atoms with Crippen molar-refractivity contribution in [3.8, 4) is 0 Å². The Balaban J connectivity index is 2.12. The van der Waals surface area contributed by atoms with Crippen molar-refractivity contribution in [3.63, 3.8) is 0 Å². The Morgan fingerprint density at radius 3 is 2.24 bits per heavy atom. The molecule has 0 saturated carbocycles. The minimum absolute atomic E-state index is 0.271. The Hall–Kier alpha value is -2.69. The fourth-order valence-electron chi connectivity index (χ4n) is 2.28. The van der Waals surface area contributed by atoms with Crippen molar-refractivity contribution in [3.05, 3.63) is 54.3 Å². The third-order valence-corrected chi connectivity index (χ3v) is 3.29. The second kappa shape index (κ2) is 5.36. The number of rotatable bonds is 3. The van der Waals surface area contributed by atoms with Crippen LogP contribution in [0, 0.1) is 5.82 Å². The molecule has 21 heavy (non-hydrogen) atoms. The molecule has 0 atom stereocenters. The molecule has 0 unspecified atom stereocenters. The molecule has 106 valence electrons. The summed E-state index contributed by atoms with van der Waals surface area (Å²) < 4.78 is 13.1. The first-order valence-electron chi connectivity index (χ1n) is 6.74. The van der Waals surface area contributed by atoms with E-state index in [9.17, 15) is 4.39 Å². The Labute approximate surface area is 122 Å². The minimum atomic E-state index is -0.271. The molecule has 0 saturated heterocycles. The number of aromatic nitrogens is 2. The summed E-state index contributed by atoms with van der Waals surface area (Å²) in [4.78, 5) is 10.9. The van der Waals surface area contributed by atoms with Crippen LogP contribution >= 0.6 is 0 Å². The number of anilines is 3. The highest BCUT2D eigenvalue weighted by molar-refractivity contribution is 5.81. The lowest BCUT2D eigenvalue weighted by Crippen LogP contribution is -2.19. The van der Waals surface area contributed by atoms with E-state index in [1.54, 1.807) is 12.1 Å². The first-order chi connectivity index (χ1) is 10.2. The summed E-state index contributed by atoms with van der Waals surface area (Å²) in [5, 5.41) is 0. The molecule has 0 spiro atoms. The summed E-state index contributed by atoms with van der Waals surface area (Å²) in [5.41, 5.74) is 8.41. The molecule has 0 radical (unpaired) electrons. The molecule has 5 heteroatoms. The molecule has 3 rings (SSSR count). The van der Waals surface area contributed by atoms with Gasteiger partial charge in [-0.05, 0) is 43.3 Å². The van der Waals surface area contributed by atoms with Crippen molar-refractivity contribution < 1.29 is 4.39 Å². The second-order valence-corrected chi connectivity index (χ2v) is 4.64. The third-order valence-electron chi connectivity index (χ3n) is 3.29. The Morgan fingerprint density at radius 2 is 1.62 bits per heavy atom. The first-order valence-corrected chi connectivity index (χ1v) is 6.74. The van der Waals surface area contributed by atoms with Crippen LogP contribution in [0.2, 0.25) is 0 Å². The van der Waals surface area contributed by atoms with Gasteiger partial charge in [0.25, 0.3) is 0 Å². The highest BCUT2D eigenvalue weighted by Gasteiger charge is 2.14. The van der Waals surface area contributed by atoms with Crippen LogP contribution in [0.15, 0.2) is 48.5 Å². The van der Waals surface area contributed by atoms with E-state index in [1.807, 2.05) is 36.1 Å². The zero-order valence-corrected chi connectivity index (χ0v) is 11.6. The molecule has 3 aromatic rings. The van der Waals surface area contributed by atoms with Gasteiger partial charge in [-0.3, -0.25) is 0 Å². The Kier molecular flexibility index (Phi) is 3.39. The van der Waals surface area contributed by atoms with Crippen LogP contribution < -0.4 is 10.6 Å². The lowest BCUT2D eigenvalue weighted by molar-refractivity contribution is 0.628. The van der Waals surface area contributed by atoms with E-state index in [4.69, 9.17) is 5.73 Å². The van der Waals surface area contributed by atoms with Gasteiger partial charge < -0.3 is 10.6 Å². The molecule has 1 aromatic heterocycles. The molecular weight excluding hydrogens is 267 g/mol. The fraction of sp³-hybridized carbons (Fsp3) is 0.125. The van der Waals surface area contributed by atoms with Gasteiger partial charge >= 0.3 is 0 Å². The lowest BCUT2D eigenvalue weighted by Gasteiger charge is -2.23. The monoisotopic (exact) mass is 282 g/mol. The number of fused-ring (bicyclic) bond motifs is 1. The molecular formula is C16H15FN4. The van der Waals surface area contributed by atoms with Crippen molar-refractivity contribution in [1.29, 1.82) is 0 Å². The number of para-hydroxylation sites is 2. The van der Waals surface area contributed by atoms with E-state index in [0.717, 1.165) is 16.7 Å². The Morgan fingerprint density at radius 1 is 1.00 bits per heavy atom. The number of hydrogen-bond acceptors (Lipinski definition) is 4. The van der Waals surface area contributed by atoms with Gasteiger partial charge in [0.1, 0.15) is 5.82 Å². The predicted molar refractivity (Wildman–Crippen MR) is 83.0 cm³/mol. The number of halogens is 1. The summed E-state index contributed by atoms with van der Waals surface area (Å²) in [7, 11) is 0. The van der Waals surface area contributed by atoms with Gasteiger partial charge in [0.2, 0.25) is 0 Å². The average molecular weight is 282 g/mol. The minimum Gasteiger partial charge on any atom is -0.381 e. The maximum atomic E-state index is 13.1. The number of nitrogens with two attached hydrogens (primary N) is 1. The quantitative estimate of drug-likeness (QED) is 0.798. The maximum Gasteiger partial charge on any atom is 0.176 e. The van der Waals surface area contributed by atoms with Crippen LogP contribution in [-0.4, -0.2) is 16.5 Å². The van der Waals surface area contributed by atoms with E-state index >= 15 is 0 Å². The third kappa shape index (κ3) is 2.50. The van der Waals surface area contributed by atoms with Gasteiger partial charge in [-0.25, -0.2) is 14.4 Å². The van der Waals surface area contributed by atoms with Gasteiger partial charge in [-0.2, -0.15) is 0 Å². The van der Waals surface area contributed by atoms with E-state index in [1.165, 1.54) is 12.1 Å². The van der Waals surface area contributed by atoms with Gasteiger partial charge in [-0.1, -0.05) is 12.1 Å². The van der Waals surface area contributed by atoms with Crippen LogP contribution in [0.5, 0.6) is 0 Å². The van der Waals surface area contributed by atoms with Crippen LogP contribution in [0.4, 0.5) is 21.7 Å². The molecule has 0 aliphatic carbocycles. The molecule has 4 nitrogen and oxygen atoms in total. The number of hydrogen-bond donors (Lipinski definition) is 1. The van der Waals surface area contributed by atoms with Crippen molar-refractivity contribution in [1.82, 2.24) is 9.97 Å². The van der Waals surface area contributed by atoms with Gasteiger partial charge in [0.05, 0.1) is 11.0 Å². The second-order valence-electron chi connectivity index (χ2n) is 4.64. The van der Waals surface area contributed by atoms with Crippen LogP contribution in [0.3, 0.4) is 0 Å². The van der Waals surface area contributed by atoms with Crippen molar-refractivity contribution in [2.75, 3.05) is 17.2 Å². The van der Waals surface area contributed by atoms with Crippen LogP contribution in [-0.2, 0) is 0 Å². The SMILES string of the molecule is CCN(c1ccc(F)cc1)c1nc2ccccc2nc1N. The fourth-order valence-corrected chi connectivity index (χ4v) is 2.28. The zero-order chi connectivity index (χ0) is 14.8. The van der Waals surface area contributed by atoms with E-state index in [2.05, 4.69) is 9.97 Å². The van der Waals surface area contributed by atoms with E-state index in [-0.39, 0.29) is 5.82 Å². The molecule has 0 fully saturated rings. The largest absolute Gasteiger partial charge is 0.381 e.